The molecule has 0 amide bonds. The lowest BCUT2D eigenvalue weighted by atomic mass is 10.2. The van der Waals surface area contributed by atoms with Gasteiger partial charge >= 0.3 is 0 Å². The topological polar surface area (TPSA) is 30.9 Å². The zero-order valence-corrected chi connectivity index (χ0v) is 17.8. The number of hydrogen-bond acceptors (Lipinski definition) is 2. The second-order valence-corrected chi connectivity index (χ2v) is 6.01. The fourth-order valence-corrected chi connectivity index (χ4v) is 2.43. The molecule has 0 fully saturated rings. The van der Waals surface area contributed by atoms with E-state index in [1.807, 2.05) is 6.08 Å². The Morgan fingerprint density at radius 2 is 1.77 bits per heavy atom. The van der Waals surface area contributed by atoms with Gasteiger partial charge in [0, 0.05) is 38.8 Å². The van der Waals surface area contributed by atoms with Gasteiger partial charge in [0.1, 0.15) is 0 Å². The highest BCUT2D eigenvalue weighted by molar-refractivity contribution is 14.0. The van der Waals surface area contributed by atoms with Gasteiger partial charge in [-0.05, 0) is 47.5 Å². The van der Waals surface area contributed by atoms with Gasteiger partial charge in [-0.25, -0.2) is 0 Å². The first-order valence-electron chi connectivity index (χ1n) is 8.30. The van der Waals surface area contributed by atoms with Crippen molar-refractivity contribution in [3.63, 3.8) is 0 Å². The first kappa shape index (κ1) is 24.0. The molecule has 0 atom stereocenters. The molecule has 0 radical (unpaired) electrons. The molecule has 0 aromatic heterocycles. The molecule has 0 aliphatic heterocycles. The number of allylic oxidation sites excluding steroid dienone is 1. The van der Waals surface area contributed by atoms with Gasteiger partial charge in [0.05, 0.1) is 6.54 Å². The Balaban J connectivity index is 0. The predicted molar refractivity (Wildman–Crippen MR) is 110 cm³/mol. The first-order valence-corrected chi connectivity index (χ1v) is 8.30. The Morgan fingerprint density at radius 1 is 1.18 bits per heavy atom. The standard InChI is InChI=1S/C17H36N4.HI/c1-8-10-11-13-20(7)17(18-9-2)19-12-14-21(15(3)4)16(5)6;/h8,15-16H,1,9-14H2,2-7H3,(H,18,19);1H. The largest absolute Gasteiger partial charge is 0.357 e. The lowest BCUT2D eigenvalue weighted by Gasteiger charge is -2.30. The molecule has 0 saturated carbocycles. The van der Waals surface area contributed by atoms with Crippen molar-refractivity contribution < 1.29 is 0 Å². The van der Waals surface area contributed by atoms with Crippen molar-refractivity contribution in [3.8, 4) is 0 Å². The Bertz CT molecular complexity index is 295. The maximum atomic E-state index is 4.76. The van der Waals surface area contributed by atoms with Crippen LogP contribution in [0.2, 0.25) is 0 Å². The van der Waals surface area contributed by atoms with Crippen LogP contribution in [0.25, 0.3) is 0 Å². The number of hydrogen-bond donors (Lipinski definition) is 1. The molecule has 0 spiro atoms. The van der Waals surface area contributed by atoms with Crippen LogP contribution in [0.15, 0.2) is 17.6 Å². The van der Waals surface area contributed by atoms with Crippen LogP contribution in [-0.2, 0) is 0 Å². The molecular weight excluding hydrogens is 387 g/mol. The number of guanidine groups is 1. The number of aliphatic imine (C=N–C) groups is 1. The third-order valence-electron chi connectivity index (χ3n) is 3.54. The molecule has 22 heavy (non-hydrogen) atoms. The van der Waals surface area contributed by atoms with Crippen molar-refractivity contribution in [2.45, 2.75) is 59.5 Å². The van der Waals surface area contributed by atoms with E-state index in [1.165, 1.54) is 0 Å². The summed E-state index contributed by atoms with van der Waals surface area (Å²) < 4.78 is 0. The molecular formula is C17H37IN4. The molecule has 0 aromatic rings. The van der Waals surface area contributed by atoms with Crippen LogP contribution in [0, 0.1) is 0 Å². The maximum absolute atomic E-state index is 4.76. The van der Waals surface area contributed by atoms with Gasteiger partial charge in [-0.15, -0.1) is 30.6 Å². The van der Waals surface area contributed by atoms with Crippen molar-refractivity contribution in [2.24, 2.45) is 4.99 Å². The van der Waals surface area contributed by atoms with E-state index in [0.29, 0.717) is 12.1 Å². The summed E-state index contributed by atoms with van der Waals surface area (Å²) in [5.41, 5.74) is 0. The average molecular weight is 424 g/mol. The normalized spacial score (nSPS) is 11.8. The molecule has 0 unspecified atom stereocenters. The highest BCUT2D eigenvalue weighted by atomic mass is 127. The van der Waals surface area contributed by atoms with Gasteiger partial charge in [0.25, 0.3) is 0 Å². The highest BCUT2D eigenvalue weighted by Gasteiger charge is 2.12. The molecule has 0 saturated heterocycles. The highest BCUT2D eigenvalue weighted by Crippen LogP contribution is 2.04. The molecule has 4 nitrogen and oxygen atoms in total. The molecule has 1 N–H and O–H groups in total. The molecule has 0 aromatic carbocycles. The zero-order chi connectivity index (χ0) is 16.3. The van der Waals surface area contributed by atoms with E-state index in [4.69, 9.17) is 4.99 Å². The quantitative estimate of drug-likeness (QED) is 0.191. The minimum Gasteiger partial charge on any atom is -0.357 e. The van der Waals surface area contributed by atoms with E-state index < -0.39 is 0 Å². The molecule has 0 aliphatic carbocycles. The first-order chi connectivity index (χ1) is 9.93. The minimum atomic E-state index is 0. The number of halogens is 1. The van der Waals surface area contributed by atoms with Crippen molar-refractivity contribution >= 4 is 29.9 Å². The van der Waals surface area contributed by atoms with E-state index >= 15 is 0 Å². The summed E-state index contributed by atoms with van der Waals surface area (Å²) in [5, 5.41) is 3.37. The zero-order valence-electron chi connectivity index (χ0n) is 15.4. The van der Waals surface area contributed by atoms with Crippen LogP contribution in [-0.4, -0.2) is 61.1 Å². The summed E-state index contributed by atoms with van der Waals surface area (Å²) in [4.78, 5) is 9.45. The lowest BCUT2D eigenvalue weighted by Crippen LogP contribution is -2.41. The van der Waals surface area contributed by atoms with Crippen LogP contribution >= 0.6 is 24.0 Å². The molecule has 132 valence electrons. The smallest absolute Gasteiger partial charge is 0.193 e. The van der Waals surface area contributed by atoms with Gasteiger partial charge in [0.15, 0.2) is 5.96 Å². The molecule has 0 heterocycles. The molecule has 0 rings (SSSR count). The van der Waals surface area contributed by atoms with Crippen LogP contribution in [0.4, 0.5) is 0 Å². The van der Waals surface area contributed by atoms with E-state index in [9.17, 15) is 0 Å². The van der Waals surface area contributed by atoms with Gasteiger partial charge < -0.3 is 10.2 Å². The van der Waals surface area contributed by atoms with Gasteiger partial charge in [-0.1, -0.05) is 6.08 Å². The number of rotatable bonds is 10. The summed E-state index contributed by atoms with van der Waals surface area (Å²) in [6, 6.07) is 1.13. The second kappa shape index (κ2) is 14.3. The van der Waals surface area contributed by atoms with Gasteiger partial charge in [-0.3, -0.25) is 9.89 Å². The average Bonchev–Trinajstić information content (AvgIpc) is 2.41. The predicted octanol–water partition coefficient (Wildman–Crippen LogP) is 3.59. The third-order valence-corrected chi connectivity index (χ3v) is 3.54. The van der Waals surface area contributed by atoms with Crippen molar-refractivity contribution in [1.29, 1.82) is 0 Å². The van der Waals surface area contributed by atoms with E-state index in [2.05, 4.69) is 63.4 Å². The Labute approximate surface area is 155 Å². The van der Waals surface area contributed by atoms with Crippen molar-refractivity contribution in [2.75, 3.05) is 33.2 Å². The summed E-state index contributed by atoms with van der Waals surface area (Å²) in [7, 11) is 2.10. The van der Waals surface area contributed by atoms with Crippen LogP contribution in [0.5, 0.6) is 0 Å². The Hall–Kier alpha value is -0.300. The third kappa shape index (κ3) is 10.4. The van der Waals surface area contributed by atoms with Crippen molar-refractivity contribution in [1.82, 2.24) is 15.1 Å². The SMILES string of the molecule is C=CCCCN(C)C(=NCCN(C(C)C)C(C)C)NCC.I. The summed E-state index contributed by atoms with van der Waals surface area (Å²) in [5.74, 6) is 1.01. The number of unbranched alkanes of at least 4 members (excludes halogenated alkanes) is 1. The number of nitrogens with one attached hydrogen (secondary N) is 1. The summed E-state index contributed by atoms with van der Waals surface area (Å²) in [6.45, 7) is 18.6. The van der Waals surface area contributed by atoms with Crippen molar-refractivity contribution in [3.05, 3.63) is 12.7 Å². The van der Waals surface area contributed by atoms with E-state index in [-0.39, 0.29) is 24.0 Å². The lowest BCUT2D eigenvalue weighted by molar-refractivity contribution is 0.180. The van der Waals surface area contributed by atoms with E-state index in [0.717, 1.165) is 45.0 Å². The van der Waals surface area contributed by atoms with Crippen LogP contribution in [0.3, 0.4) is 0 Å². The Kier molecular flexibility index (Phi) is 15.6. The molecule has 5 heteroatoms. The second-order valence-electron chi connectivity index (χ2n) is 6.01. The monoisotopic (exact) mass is 424 g/mol. The molecule has 0 aliphatic rings. The maximum Gasteiger partial charge on any atom is 0.193 e. The fraction of sp³-hybridized carbons (Fsp3) is 0.824. The summed E-state index contributed by atoms with van der Waals surface area (Å²) in [6.07, 6.45) is 4.15. The van der Waals surface area contributed by atoms with Crippen LogP contribution in [0.1, 0.15) is 47.5 Å². The fourth-order valence-electron chi connectivity index (χ4n) is 2.43. The molecule has 0 bridgehead atoms. The summed E-state index contributed by atoms with van der Waals surface area (Å²) >= 11 is 0. The minimum absolute atomic E-state index is 0. The van der Waals surface area contributed by atoms with Gasteiger partial charge in [0.2, 0.25) is 0 Å². The number of nitrogens with zero attached hydrogens (tertiary/aromatic N) is 3. The van der Waals surface area contributed by atoms with Gasteiger partial charge in [-0.2, -0.15) is 0 Å². The Morgan fingerprint density at radius 3 is 2.23 bits per heavy atom. The van der Waals surface area contributed by atoms with Crippen LogP contribution < -0.4 is 5.32 Å². The van der Waals surface area contributed by atoms with E-state index in [1.54, 1.807) is 0 Å².